The largest absolute Gasteiger partial charge is 0.472 e. The first-order valence-corrected chi connectivity index (χ1v) is 46.7. The van der Waals surface area contributed by atoms with Crippen LogP contribution in [0.1, 0.15) is 452 Å². The fraction of sp³-hybridized carbons (Fsp3) is 0.952. The molecule has 6 atom stereocenters. The van der Waals surface area contributed by atoms with E-state index >= 15 is 0 Å². The Morgan fingerprint density at radius 1 is 0.272 bits per heavy atom. The molecule has 0 fully saturated rings. The van der Waals surface area contributed by atoms with E-state index in [9.17, 15) is 43.2 Å². The summed E-state index contributed by atoms with van der Waals surface area (Å²) in [6.07, 6.45) is 69.9. The van der Waals surface area contributed by atoms with E-state index in [1.807, 2.05) is 0 Å². The summed E-state index contributed by atoms with van der Waals surface area (Å²) in [5, 5.41) is 10.6. The molecule has 3 unspecified atom stereocenters. The van der Waals surface area contributed by atoms with Gasteiger partial charge in [0.05, 0.1) is 26.4 Å². The molecule has 0 aromatic carbocycles. The van der Waals surface area contributed by atoms with Crippen molar-refractivity contribution in [3.05, 3.63) is 0 Å². The zero-order valence-corrected chi connectivity index (χ0v) is 69.3. The summed E-state index contributed by atoms with van der Waals surface area (Å²) in [4.78, 5) is 72.8. The van der Waals surface area contributed by atoms with Gasteiger partial charge in [0.25, 0.3) is 0 Å². The minimum absolute atomic E-state index is 0.108. The monoisotopic (exact) mass is 1510 g/mol. The van der Waals surface area contributed by atoms with Crippen LogP contribution in [0.3, 0.4) is 0 Å². The van der Waals surface area contributed by atoms with Crippen LogP contribution < -0.4 is 0 Å². The third-order valence-corrected chi connectivity index (χ3v) is 22.0. The Morgan fingerprint density at radius 3 is 0.689 bits per heavy atom. The second-order valence-electron chi connectivity index (χ2n) is 30.5. The number of hydrogen-bond donors (Lipinski definition) is 3. The Bertz CT molecular complexity index is 1960. The van der Waals surface area contributed by atoms with Gasteiger partial charge in [0.1, 0.15) is 19.3 Å². The molecule has 103 heavy (non-hydrogen) atoms. The topological polar surface area (TPSA) is 237 Å². The molecule has 0 amide bonds. The number of carbonyl (C=O) groups excluding carboxylic acids is 4. The minimum atomic E-state index is -4.96. The Balaban J connectivity index is 5.10. The van der Waals surface area contributed by atoms with Crippen LogP contribution in [0.25, 0.3) is 0 Å². The first-order valence-electron chi connectivity index (χ1n) is 43.7. The number of carbonyl (C=O) groups is 4. The lowest BCUT2D eigenvalue weighted by Crippen LogP contribution is -2.30. The number of rotatable bonds is 84. The van der Waals surface area contributed by atoms with Crippen LogP contribution >= 0.6 is 15.6 Å². The number of phosphoric ester groups is 2. The second kappa shape index (κ2) is 76.8. The quantitative estimate of drug-likeness (QED) is 0.0222. The van der Waals surface area contributed by atoms with Gasteiger partial charge in [0.15, 0.2) is 12.2 Å². The van der Waals surface area contributed by atoms with Crippen LogP contribution in [0, 0.1) is 5.92 Å². The molecule has 0 aromatic heterocycles. The fourth-order valence-electron chi connectivity index (χ4n) is 13.1. The molecule has 612 valence electrons. The minimum Gasteiger partial charge on any atom is -0.462 e. The van der Waals surface area contributed by atoms with Crippen molar-refractivity contribution in [2.75, 3.05) is 39.6 Å². The average Bonchev–Trinajstić information content (AvgIpc) is 0.914. The number of aliphatic hydroxyl groups is 1. The maximum Gasteiger partial charge on any atom is 0.472 e. The molecule has 0 rings (SSSR count). The lowest BCUT2D eigenvalue weighted by Gasteiger charge is -2.21. The lowest BCUT2D eigenvalue weighted by atomic mass is 9.99. The normalized spacial score (nSPS) is 14.1. The summed E-state index contributed by atoms with van der Waals surface area (Å²) in [7, 11) is -9.91. The van der Waals surface area contributed by atoms with Crippen molar-refractivity contribution in [3.63, 3.8) is 0 Å². The van der Waals surface area contributed by atoms with Crippen molar-refractivity contribution in [1.29, 1.82) is 0 Å². The molecular weight excluding hydrogens is 1340 g/mol. The van der Waals surface area contributed by atoms with Gasteiger partial charge in [-0.25, -0.2) is 9.13 Å². The van der Waals surface area contributed by atoms with E-state index in [0.717, 1.165) is 102 Å². The van der Waals surface area contributed by atoms with Crippen molar-refractivity contribution in [3.8, 4) is 0 Å². The van der Waals surface area contributed by atoms with Crippen LogP contribution in [-0.4, -0.2) is 96.7 Å². The number of ether oxygens (including phenoxy) is 4. The van der Waals surface area contributed by atoms with Gasteiger partial charge in [-0.2, -0.15) is 0 Å². The highest BCUT2D eigenvalue weighted by atomic mass is 31.2. The second-order valence-corrected chi connectivity index (χ2v) is 33.4. The van der Waals surface area contributed by atoms with Gasteiger partial charge in [0, 0.05) is 25.7 Å². The fourth-order valence-corrected chi connectivity index (χ4v) is 14.7. The predicted octanol–water partition coefficient (Wildman–Crippen LogP) is 25.6. The first kappa shape index (κ1) is 101. The molecule has 0 aliphatic carbocycles. The van der Waals surface area contributed by atoms with Gasteiger partial charge in [0.2, 0.25) is 0 Å². The summed E-state index contributed by atoms with van der Waals surface area (Å²) in [6.45, 7) is 7.31. The van der Waals surface area contributed by atoms with Crippen LogP contribution in [0.2, 0.25) is 0 Å². The summed E-state index contributed by atoms with van der Waals surface area (Å²) in [5.74, 6) is -1.27. The van der Waals surface area contributed by atoms with E-state index in [1.165, 1.54) is 270 Å². The maximum absolute atomic E-state index is 13.1. The molecule has 0 saturated heterocycles. The highest BCUT2D eigenvalue weighted by Gasteiger charge is 2.30. The molecular formula is C84H164O17P2. The number of esters is 4. The first-order chi connectivity index (χ1) is 50.1. The Labute approximate surface area is 632 Å². The van der Waals surface area contributed by atoms with Gasteiger partial charge >= 0.3 is 39.5 Å². The van der Waals surface area contributed by atoms with E-state index in [2.05, 4.69) is 34.6 Å². The van der Waals surface area contributed by atoms with E-state index in [1.54, 1.807) is 0 Å². The van der Waals surface area contributed by atoms with Crippen molar-refractivity contribution < 1.29 is 80.2 Å². The number of unbranched alkanes of at least 4 members (excludes halogenated alkanes) is 55. The Hall–Kier alpha value is -1.94. The molecule has 17 nitrogen and oxygen atoms in total. The van der Waals surface area contributed by atoms with Gasteiger partial charge in [-0.3, -0.25) is 37.3 Å². The molecule has 3 N–H and O–H groups in total. The molecule has 0 heterocycles. The van der Waals surface area contributed by atoms with Crippen molar-refractivity contribution >= 4 is 39.5 Å². The zero-order valence-electron chi connectivity index (χ0n) is 67.5. The summed E-state index contributed by atoms with van der Waals surface area (Å²) in [5.41, 5.74) is 0. The maximum atomic E-state index is 13.1. The van der Waals surface area contributed by atoms with Crippen LogP contribution in [0.5, 0.6) is 0 Å². The number of aliphatic hydroxyl groups excluding tert-OH is 1. The number of hydrogen-bond acceptors (Lipinski definition) is 15. The lowest BCUT2D eigenvalue weighted by molar-refractivity contribution is -0.161. The molecule has 0 spiro atoms. The van der Waals surface area contributed by atoms with Crippen molar-refractivity contribution in [2.45, 2.75) is 470 Å². The average molecular weight is 1510 g/mol. The van der Waals surface area contributed by atoms with Gasteiger partial charge in [-0.1, -0.05) is 401 Å². The number of phosphoric acid groups is 2. The van der Waals surface area contributed by atoms with Crippen LogP contribution in [0.4, 0.5) is 0 Å². The summed E-state index contributed by atoms with van der Waals surface area (Å²) in [6, 6.07) is 0. The predicted molar refractivity (Wildman–Crippen MR) is 423 cm³/mol. The van der Waals surface area contributed by atoms with Crippen molar-refractivity contribution in [1.82, 2.24) is 0 Å². The molecule has 0 aromatic rings. The highest BCUT2D eigenvalue weighted by molar-refractivity contribution is 7.47. The third-order valence-electron chi connectivity index (χ3n) is 20.1. The van der Waals surface area contributed by atoms with E-state index in [4.69, 9.17) is 37.0 Å². The Morgan fingerprint density at radius 2 is 0.466 bits per heavy atom. The van der Waals surface area contributed by atoms with E-state index in [-0.39, 0.29) is 25.7 Å². The molecule has 19 heteroatoms. The summed E-state index contributed by atoms with van der Waals surface area (Å²) >= 11 is 0. The van der Waals surface area contributed by atoms with E-state index in [0.29, 0.717) is 25.7 Å². The van der Waals surface area contributed by atoms with Gasteiger partial charge in [-0.05, 0) is 31.6 Å². The zero-order chi connectivity index (χ0) is 75.5. The Kier molecular flexibility index (Phi) is 75.4. The van der Waals surface area contributed by atoms with Gasteiger partial charge < -0.3 is 33.8 Å². The van der Waals surface area contributed by atoms with Crippen molar-refractivity contribution in [2.24, 2.45) is 5.92 Å². The summed E-state index contributed by atoms with van der Waals surface area (Å²) < 4.78 is 68.6. The molecule has 0 aliphatic heterocycles. The molecule has 0 aliphatic rings. The van der Waals surface area contributed by atoms with E-state index < -0.39 is 97.5 Å². The molecule has 0 saturated carbocycles. The highest BCUT2D eigenvalue weighted by Crippen LogP contribution is 2.45. The SMILES string of the molecule is CCCCCCCCCCCCCCCCCCCCCCCCC(=O)O[C@H](COC(=O)CCCCCCCCCCCCCCCCC(C)CC)COP(=O)(O)OC[C@@H](O)COP(=O)(O)OC[C@@H](COC(=O)CCCCCCC)OC(=O)CCCCCCCCCCCCCCCCCCCC. The van der Waals surface area contributed by atoms with Crippen LogP contribution in [-0.2, 0) is 65.4 Å². The molecule has 0 bridgehead atoms. The smallest absolute Gasteiger partial charge is 0.462 e. The van der Waals surface area contributed by atoms with Crippen LogP contribution in [0.15, 0.2) is 0 Å². The third kappa shape index (κ3) is 76.6. The van der Waals surface area contributed by atoms with Gasteiger partial charge in [-0.15, -0.1) is 0 Å². The standard InChI is InChI=1S/C84H164O17P2/c1-6-10-13-16-18-20-22-24-26-28-30-31-32-33-35-37-43-47-51-55-60-65-70-84(89)101-80(74-95-82(87)68-63-58-53-49-45-41-39-38-40-44-48-52-57-61-66-77(5)9-4)76-99-103(92,93)97-72-78(85)71-96-102(90,91)98-75-79(73-94-81(86)67-62-56-15-12-8-3)100-83(88)69-64-59-54-50-46-42-36-34-29-27-25-23-21-19-17-14-11-7-2/h77-80,85H,6-76H2,1-5H3,(H,90,91)(H,92,93)/t77?,78-,79+,80+/m0/s1. The molecule has 0 radical (unpaired) electrons.